The Balaban J connectivity index is 2.30. The van der Waals surface area contributed by atoms with Crippen LogP contribution in [0.4, 0.5) is 11.4 Å². The van der Waals surface area contributed by atoms with Crippen LogP contribution in [0, 0.1) is 10.1 Å². The second-order valence-corrected chi connectivity index (χ2v) is 4.25. The Morgan fingerprint density at radius 2 is 1.82 bits per heavy atom. The van der Waals surface area contributed by atoms with E-state index >= 15 is 0 Å². The van der Waals surface area contributed by atoms with Crippen LogP contribution in [-0.4, -0.2) is 21.9 Å². The number of aromatic carboxylic acids is 1. The number of carbonyl (C=O) groups excluding carboxylic acids is 1. The maximum Gasteiger partial charge on any atom is 0.335 e. The summed E-state index contributed by atoms with van der Waals surface area (Å²) in [5, 5.41) is 33.6. The van der Waals surface area contributed by atoms with Crippen LogP contribution in [0.15, 0.2) is 42.5 Å². The van der Waals surface area contributed by atoms with E-state index in [4.69, 9.17) is 5.11 Å². The molecule has 0 bridgehead atoms. The number of nitrogens with one attached hydrogen (secondary N) is 1. The molecule has 0 unspecified atom stereocenters. The van der Waals surface area contributed by atoms with E-state index in [1.54, 1.807) is 0 Å². The number of non-ortho nitro benzene ring substituents is 1. The molecule has 112 valence electrons. The number of hydrogen-bond donors (Lipinski definition) is 2. The molecule has 0 saturated heterocycles. The van der Waals surface area contributed by atoms with Gasteiger partial charge in [-0.3, -0.25) is 14.9 Å². The van der Waals surface area contributed by atoms with E-state index in [0.717, 1.165) is 12.1 Å². The van der Waals surface area contributed by atoms with Crippen LogP contribution in [0.5, 0.6) is 5.75 Å². The SMILES string of the molecule is O=C(Nc1cccc(C(=O)O)c1[O-])c1cccc([N+](=O)[O-])c1. The third kappa shape index (κ3) is 3.01. The van der Waals surface area contributed by atoms with Crippen molar-refractivity contribution in [3.05, 3.63) is 63.7 Å². The molecule has 0 heterocycles. The molecule has 0 fully saturated rings. The molecule has 0 spiro atoms. The molecule has 0 aliphatic rings. The van der Waals surface area contributed by atoms with Gasteiger partial charge in [-0.25, -0.2) is 4.79 Å². The van der Waals surface area contributed by atoms with Crippen LogP contribution in [0.1, 0.15) is 20.7 Å². The highest BCUT2D eigenvalue weighted by atomic mass is 16.6. The molecule has 8 nitrogen and oxygen atoms in total. The zero-order chi connectivity index (χ0) is 16.3. The average molecular weight is 301 g/mol. The summed E-state index contributed by atoms with van der Waals surface area (Å²) in [5.41, 5.74) is -0.975. The van der Waals surface area contributed by atoms with Gasteiger partial charge in [0.15, 0.2) is 0 Å². The van der Waals surface area contributed by atoms with Crippen LogP contribution in [0.3, 0.4) is 0 Å². The number of anilines is 1. The van der Waals surface area contributed by atoms with Crippen LogP contribution in [-0.2, 0) is 0 Å². The van der Waals surface area contributed by atoms with Crippen molar-refractivity contribution >= 4 is 23.3 Å². The monoisotopic (exact) mass is 301 g/mol. The number of nitrogens with zero attached hydrogens (tertiary/aromatic N) is 1. The number of para-hydroxylation sites is 1. The van der Waals surface area contributed by atoms with Gasteiger partial charge in [-0.15, -0.1) is 0 Å². The molecule has 2 aromatic carbocycles. The zero-order valence-electron chi connectivity index (χ0n) is 11.0. The Morgan fingerprint density at radius 1 is 1.14 bits per heavy atom. The number of amides is 1. The van der Waals surface area contributed by atoms with Crippen molar-refractivity contribution in [2.24, 2.45) is 0 Å². The van der Waals surface area contributed by atoms with Gasteiger partial charge in [0.25, 0.3) is 11.6 Å². The van der Waals surface area contributed by atoms with Gasteiger partial charge in [-0.2, -0.15) is 0 Å². The third-order valence-electron chi connectivity index (χ3n) is 2.81. The van der Waals surface area contributed by atoms with Crippen molar-refractivity contribution in [1.29, 1.82) is 0 Å². The average Bonchev–Trinajstić information content (AvgIpc) is 2.49. The maximum atomic E-state index is 12.0. The summed E-state index contributed by atoms with van der Waals surface area (Å²) in [6.07, 6.45) is 0. The molecule has 8 heteroatoms. The van der Waals surface area contributed by atoms with Crippen molar-refractivity contribution < 1.29 is 24.7 Å². The summed E-state index contributed by atoms with van der Waals surface area (Å²) in [6, 6.07) is 8.64. The molecule has 0 aliphatic carbocycles. The third-order valence-corrected chi connectivity index (χ3v) is 2.81. The maximum absolute atomic E-state index is 12.0. The minimum atomic E-state index is -1.41. The Morgan fingerprint density at radius 3 is 2.45 bits per heavy atom. The molecule has 2 N–H and O–H groups in total. The largest absolute Gasteiger partial charge is 0.870 e. The number of nitro groups is 1. The van der Waals surface area contributed by atoms with Gasteiger partial charge in [-0.05, 0) is 18.2 Å². The fraction of sp³-hybridized carbons (Fsp3) is 0. The summed E-state index contributed by atoms with van der Waals surface area (Å²) in [4.78, 5) is 32.9. The summed E-state index contributed by atoms with van der Waals surface area (Å²) < 4.78 is 0. The first-order chi connectivity index (χ1) is 10.4. The molecule has 1 amide bonds. The van der Waals surface area contributed by atoms with Gasteiger partial charge in [0.05, 0.1) is 10.5 Å². The predicted molar refractivity (Wildman–Crippen MR) is 73.9 cm³/mol. The van der Waals surface area contributed by atoms with Crippen molar-refractivity contribution in [1.82, 2.24) is 0 Å². The van der Waals surface area contributed by atoms with Gasteiger partial charge < -0.3 is 15.5 Å². The zero-order valence-corrected chi connectivity index (χ0v) is 11.0. The molecule has 0 aliphatic heterocycles. The summed E-state index contributed by atoms with van der Waals surface area (Å²) in [5.74, 6) is -2.99. The Hall–Kier alpha value is -3.42. The van der Waals surface area contributed by atoms with Gasteiger partial charge in [0, 0.05) is 23.4 Å². The van der Waals surface area contributed by atoms with Gasteiger partial charge >= 0.3 is 5.97 Å². The Bertz CT molecular complexity index is 772. The van der Waals surface area contributed by atoms with E-state index in [1.807, 2.05) is 0 Å². The molecule has 0 atom stereocenters. The minimum Gasteiger partial charge on any atom is -0.870 e. The highest BCUT2D eigenvalue weighted by molar-refractivity contribution is 6.06. The molecule has 0 radical (unpaired) electrons. The fourth-order valence-corrected chi connectivity index (χ4v) is 1.76. The van der Waals surface area contributed by atoms with Gasteiger partial charge in [0.2, 0.25) is 0 Å². The van der Waals surface area contributed by atoms with Crippen molar-refractivity contribution in [3.8, 4) is 5.75 Å². The lowest BCUT2D eigenvalue weighted by Crippen LogP contribution is -2.15. The lowest BCUT2D eigenvalue weighted by atomic mass is 10.1. The molecule has 2 rings (SSSR count). The first kappa shape index (κ1) is 15.0. The molecule has 0 aromatic heterocycles. The smallest absolute Gasteiger partial charge is 0.335 e. The van der Waals surface area contributed by atoms with Crippen molar-refractivity contribution in [3.63, 3.8) is 0 Å². The van der Waals surface area contributed by atoms with Gasteiger partial charge in [0.1, 0.15) is 0 Å². The fourth-order valence-electron chi connectivity index (χ4n) is 1.76. The molecule has 22 heavy (non-hydrogen) atoms. The van der Waals surface area contributed by atoms with Crippen LogP contribution in [0.25, 0.3) is 0 Å². The number of hydrogen-bond acceptors (Lipinski definition) is 5. The van der Waals surface area contributed by atoms with E-state index in [0.29, 0.717) is 0 Å². The van der Waals surface area contributed by atoms with Crippen molar-refractivity contribution in [2.45, 2.75) is 0 Å². The van der Waals surface area contributed by atoms with E-state index in [2.05, 4.69) is 5.32 Å². The molecular formula is C14H9N2O6-. The number of carboxylic acid groups (broad SMARTS) is 1. The van der Waals surface area contributed by atoms with Crippen LogP contribution < -0.4 is 10.4 Å². The number of benzene rings is 2. The number of carbonyl (C=O) groups is 2. The molecular weight excluding hydrogens is 292 g/mol. The van der Waals surface area contributed by atoms with E-state index in [-0.39, 0.29) is 16.9 Å². The highest BCUT2D eigenvalue weighted by Crippen LogP contribution is 2.25. The normalized spacial score (nSPS) is 10.0. The van der Waals surface area contributed by atoms with E-state index in [1.165, 1.54) is 30.3 Å². The first-order valence-electron chi connectivity index (χ1n) is 5.99. The summed E-state index contributed by atoms with van der Waals surface area (Å²) in [6.45, 7) is 0. The number of rotatable bonds is 4. The van der Waals surface area contributed by atoms with Crippen LogP contribution in [0.2, 0.25) is 0 Å². The van der Waals surface area contributed by atoms with Crippen molar-refractivity contribution in [2.75, 3.05) is 5.32 Å². The van der Waals surface area contributed by atoms with E-state index in [9.17, 15) is 24.8 Å². The highest BCUT2D eigenvalue weighted by Gasteiger charge is 2.13. The molecule has 0 saturated carbocycles. The topological polar surface area (TPSA) is 133 Å². The first-order valence-corrected chi connectivity index (χ1v) is 5.99. The Labute approximate surface area is 123 Å². The second-order valence-electron chi connectivity index (χ2n) is 4.25. The summed E-state index contributed by atoms with van der Waals surface area (Å²) in [7, 11) is 0. The lowest BCUT2D eigenvalue weighted by Gasteiger charge is -2.16. The number of nitro benzene ring substituents is 1. The van der Waals surface area contributed by atoms with Crippen LogP contribution >= 0.6 is 0 Å². The predicted octanol–water partition coefficient (Wildman–Crippen LogP) is 1.62. The Kier molecular flexibility index (Phi) is 4.03. The molecule has 2 aromatic rings. The second kappa shape index (κ2) is 5.92. The minimum absolute atomic E-state index is 0.0191. The number of carboxylic acids is 1. The summed E-state index contributed by atoms with van der Waals surface area (Å²) >= 11 is 0. The lowest BCUT2D eigenvalue weighted by molar-refractivity contribution is -0.384. The standard InChI is InChI=1S/C14H10N2O6/c17-12-10(14(19)20)5-2-6-11(12)15-13(18)8-3-1-4-9(7-8)16(21)22/h1-7,17H,(H,15,18)(H,19,20)/p-1. The quantitative estimate of drug-likeness (QED) is 0.651. The van der Waals surface area contributed by atoms with Gasteiger partial charge in [-0.1, -0.05) is 17.9 Å². The van der Waals surface area contributed by atoms with E-state index < -0.39 is 28.1 Å².